The molecule has 1 amide bonds. The van der Waals surface area contributed by atoms with Gasteiger partial charge in [0.2, 0.25) is 0 Å². The molecule has 3 aromatic rings. The van der Waals surface area contributed by atoms with Gasteiger partial charge in [0.05, 0.1) is 23.1 Å². The lowest BCUT2D eigenvalue weighted by Crippen LogP contribution is -2.14. The minimum absolute atomic E-state index is 0.240. The van der Waals surface area contributed by atoms with Crippen molar-refractivity contribution in [3.8, 4) is 0 Å². The van der Waals surface area contributed by atoms with Crippen LogP contribution in [-0.2, 0) is 6.42 Å². The summed E-state index contributed by atoms with van der Waals surface area (Å²) in [5, 5.41) is 6.45. The normalized spacial score (nSPS) is 10.3. The maximum absolute atomic E-state index is 12.2. The molecule has 0 aliphatic carbocycles. The third kappa shape index (κ3) is 4.33. The van der Waals surface area contributed by atoms with Crippen molar-refractivity contribution in [3.63, 3.8) is 0 Å². The molecule has 3 rings (SSSR count). The first-order valence-electron chi connectivity index (χ1n) is 7.89. The van der Waals surface area contributed by atoms with Gasteiger partial charge in [0.1, 0.15) is 11.5 Å². The quantitative estimate of drug-likeness (QED) is 0.699. The van der Waals surface area contributed by atoms with Crippen LogP contribution in [0.5, 0.6) is 0 Å². The van der Waals surface area contributed by atoms with E-state index in [1.807, 2.05) is 42.5 Å². The van der Waals surface area contributed by atoms with Gasteiger partial charge in [-0.05, 0) is 36.2 Å². The summed E-state index contributed by atoms with van der Waals surface area (Å²) < 4.78 is 0. The van der Waals surface area contributed by atoms with E-state index in [-0.39, 0.29) is 11.6 Å². The molecule has 0 aliphatic rings. The van der Waals surface area contributed by atoms with Crippen LogP contribution in [0.1, 0.15) is 23.0 Å². The molecule has 126 valence electrons. The monoisotopic (exact) mass is 352 g/mol. The van der Waals surface area contributed by atoms with Crippen molar-refractivity contribution >= 4 is 34.7 Å². The molecular formula is C19H17ClN4O. The van der Waals surface area contributed by atoms with Crippen LogP contribution < -0.4 is 10.6 Å². The van der Waals surface area contributed by atoms with Crippen LogP contribution >= 0.6 is 11.6 Å². The van der Waals surface area contributed by atoms with Crippen molar-refractivity contribution in [2.45, 2.75) is 13.3 Å². The van der Waals surface area contributed by atoms with Crippen molar-refractivity contribution in [2.24, 2.45) is 0 Å². The molecule has 25 heavy (non-hydrogen) atoms. The molecule has 0 spiro atoms. The number of anilines is 3. The van der Waals surface area contributed by atoms with Crippen molar-refractivity contribution in [3.05, 3.63) is 77.2 Å². The highest BCUT2D eigenvalue weighted by atomic mass is 35.5. The zero-order chi connectivity index (χ0) is 17.6. The molecule has 0 bridgehead atoms. The second kappa shape index (κ2) is 7.77. The van der Waals surface area contributed by atoms with Crippen LogP contribution in [0, 0.1) is 0 Å². The largest absolute Gasteiger partial charge is 0.338 e. The van der Waals surface area contributed by atoms with Gasteiger partial charge in [-0.1, -0.05) is 42.8 Å². The molecule has 6 heteroatoms. The highest BCUT2D eigenvalue weighted by Gasteiger charge is 2.09. The average Bonchev–Trinajstić information content (AvgIpc) is 2.65. The summed E-state index contributed by atoms with van der Waals surface area (Å²) in [7, 11) is 0. The lowest BCUT2D eigenvalue weighted by atomic mass is 10.1. The number of aromatic nitrogens is 2. The summed E-state index contributed by atoms with van der Waals surface area (Å²) >= 11 is 6.09. The van der Waals surface area contributed by atoms with E-state index in [4.69, 9.17) is 11.6 Å². The molecule has 0 saturated heterocycles. The number of aryl methyl sites for hydroxylation is 1. The van der Waals surface area contributed by atoms with Crippen LogP contribution in [0.2, 0.25) is 5.02 Å². The fraction of sp³-hybridized carbons (Fsp3) is 0.105. The first-order valence-corrected chi connectivity index (χ1v) is 8.27. The van der Waals surface area contributed by atoms with Crippen LogP contribution in [-0.4, -0.2) is 15.9 Å². The third-order valence-corrected chi connectivity index (χ3v) is 3.97. The third-order valence-electron chi connectivity index (χ3n) is 3.64. The molecule has 0 atom stereocenters. The summed E-state index contributed by atoms with van der Waals surface area (Å²) in [6.07, 6.45) is 3.88. The number of halogens is 1. The van der Waals surface area contributed by atoms with E-state index < -0.39 is 0 Å². The Morgan fingerprint density at radius 1 is 1.04 bits per heavy atom. The first-order chi connectivity index (χ1) is 12.2. The van der Waals surface area contributed by atoms with E-state index >= 15 is 0 Å². The molecule has 5 nitrogen and oxygen atoms in total. The lowest BCUT2D eigenvalue weighted by molar-refractivity contribution is 0.102. The first kappa shape index (κ1) is 16.9. The number of rotatable bonds is 5. The second-order valence-corrected chi connectivity index (χ2v) is 5.80. The molecule has 0 fully saturated rings. The predicted molar refractivity (Wildman–Crippen MR) is 101 cm³/mol. The molecule has 2 aromatic carbocycles. The van der Waals surface area contributed by atoms with Crippen molar-refractivity contribution in [2.75, 3.05) is 10.6 Å². The number of nitrogens with zero attached hydrogens (tertiary/aromatic N) is 2. The number of hydrogen-bond acceptors (Lipinski definition) is 4. The Bertz CT molecular complexity index is 863. The number of benzene rings is 2. The highest BCUT2D eigenvalue weighted by Crippen LogP contribution is 2.23. The van der Waals surface area contributed by atoms with Crippen molar-refractivity contribution in [1.29, 1.82) is 0 Å². The molecule has 2 N–H and O–H groups in total. The van der Waals surface area contributed by atoms with E-state index in [2.05, 4.69) is 27.5 Å². The summed E-state index contributed by atoms with van der Waals surface area (Å²) in [5.41, 5.74) is 2.91. The minimum atomic E-state index is -0.305. The van der Waals surface area contributed by atoms with Gasteiger partial charge in [0.25, 0.3) is 5.91 Å². The number of carbonyl (C=O) groups excluding carboxylic acids is 1. The Morgan fingerprint density at radius 3 is 2.44 bits per heavy atom. The van der Waals surface area contributed by atoms with Crippen LogP contribution in [0.25, 0.3) is 0 Å². The summed E-state index contributed by atoms with van der Waals surface area (Å²) in [6, 6.07) is 15.0. The Balaban J connectivity index is 1.66. The smallest absolute Gasteiger partial charge is 0.275 e. The maximum atomic E-state index is 12.2. The van der Waals surface area contributed by atoms with Crippen molar-refractivity contribution in [1.82, 2.24) is 9.97 Å². The number of amides is 1. The zero-order valence-corrected chi connectivity index (χ0v) is 14.4. The molecule has 0 unspecified atom stereocenters. The van der Waals surface area contributed by atoms with E-state index in [9.17, 15) is 4.79 Å². The lowest BCUT2D eigenvalue weighted by Gasteiger charge is -2.08. The summed E-state index contributed by atoms with van der Waals surface area (Å²) in [4.78, 5) is 20.6. The molecule has 1 aromatic heterocycles. The molecule has 0 saturated carbocycles. The molecule has 1 heterocycles. The van der Waals surface area contributed by atoms with Crippen LogP contribution in [0.15, 0.2) is 60.9 Å². The van der Waals surface area contributed by atoms with Gasteiger partial charge in [-0.3, -0.25) is 4.79 Å². The fourth-order valence-electron chi connectivity index (χ4n) is 2.23. The van der Waals surface area contributed by atoms with Gasteiger partial charge >= 0.3 is 0 Å². The number of nitrogens with one attached hydrogen (secondary N) is 2. The van der Waals surface area contributed by atoms with Gasteiger partial charge in [-0.15, -0.1) is 0 Å². The van der Waals surface area contributed by atoms with Gasteiger partial charge in [-0.25, -0.2) is 9.97 Å². The summed E-state index contributed by atoms with van der Waals surface area (Å²) in [5.74, 6) is 0.206. The predicted octanol–water partition coefficient (Wildman–Crippen LogP) is 4.69. The maximum Gasteiger partial charge on any atom is 0.275 e. The molecular weight excluding hydrogens is 336 g/mol. The Morgan fingerprint density at radius 2 is 1.80 bits per heavy atom. The van der Waals surface area contributed by atoms with E-state index in [0.717, 1.165) is 17.8 Å². The van der Waals surface area contributed by atoms with Gasteiger partial charge in [0, 0.05) is 5.69 Å². The van der Waals surface area contributed by atoms with E-state index in [1.54, 1.807) is 6.07 Å². The Hall–Kier alpha value is -2.92. The standard InChI is InChI=1S/C19H17ClN4O/c1-2-13-7-9-14(10-8-13)23-19(25)17-11-22-18(12-21-17)24-16-6-4-3-5-15(16)20/h3-12H,2H2,1H3,(H,22,24)(H,23,25). The highest BCUT2D eigenvalue weighted by molar-refractivity contribution is 6.33. The Labute approximate surface area is 151 Å². The van der Waals surface area contributed by atoms with E-state index in [0.29, 0.717) is 10.8 Å². The minimum Gasteiger partial charge on any atom is -0.338 e. The summed E-state index contributed by atoms with van der Waals surface area (Å²) in [6.45, 7) is 2.08. The number of hydrogen-bond donors (Lipinski definition) is 2. The number of para-hydroxylation sites is 1. The zero-order valence-electron chi connectivity index (χ0n) is 13.7. The molecule has 0 aliphatic heterocycles. The van der Waals surface area contributed by atoms with Gasteiger partial charge in [-0.2, -0.15) is 0 Å². The fourth-order valence-corrected chi connectivity index (χ4v) is 2.41. The number of carbonyl (C=O) groups is 1. The van der Waals surface area contributed by atoms with Crippen molar-refractivity contribution < 1.29 is 4.79 Å². The SMILES string of the molecule is CCc1ccc(NC(=O)c2cnc(Nc3ccccc3Cl)cn2)cc1. The molecule has 0 radical (unpaired) electrons. The van der Waals surface area contributed by atoms with Gasteiger partial charge in [0.15, 0.2) is 0 Å². The average molecular weight is 353 g/mol. The van der Waals surface area contributed by atoms with Crippen LogP contribution in [0.3, 0.4) is 0 Å². The Kier molecular flexibility index (Phi) is 5.26. The van der Waals surface area contributed by atoms with Crippen LogP contribution in [0.4, 0.5) is 17.2 Å². The van der Waals surface area contributed by atoms with E-state index in [1.165, 1.54) is 18.0 Å². The second-order valence-electron chi connectivity index (χ2n) is 5.40. The van der Waals surface area contributed by atoms with Gasteiger partial charge < -0.3 is 10.6 Å². The topological polar surface area (TPSA) is 66.9 Å².